The third-order valence-corrected chi connectivity index (χ3v) is 11.6. The topological polar surface area (TPSA) is 186 Å². The van der Waals surface area contributed by atoms with E-state index in [1.165, 1.54) is 64.2 Å². The van der Waals surface area contributed by atoms with E-state index < -0.39 is 71.2 Å². The lowest BCUT2D eigenvalue weighted by atomic mass is 10.00. The number of aliphatic hydroxyl groups excluding tert-OH is 3. The van der Waals surface area contributed by atoms with E-state index in [1.807, 2.05) is 0 Å². The minimum absolute atomic E-state index is 0.151. The third-order valence-electron chi connectivity index (χ3n) is 10.9. The van der Waals surface area contributed by atoms with Crippen molar-refractivity contribution >= 4 is 22.1 Å². The van der Waals surface area contributed by atoms with E-state index in [0.717, 1.165) is 89.9 Å². The number of carbonyl (C=O) groups is 2. The van der Waals surface area contributed by atoms with Crippen molar-refractivity contribution in [3.63, 3.8) is 0 Å². The monoisotopic (exact) mass is 899 g/mol. The molecule has 12 nitrogen and oxygen atoms in total. The number of ether oxygens (including phenoxy) is 4. The Balaban J connectivity index is 2.42. The summed E-state index contributed by atoms with van der Waals surface area (Å²) in [5.74, 6) is -2.00. The Morgan fingerprint density at radius 3 is 1.53 bits per heavy atom. The number of aliphatic hydroxyl groups is 3. The van der Waals surface area contributed by atoms with Crippen LogP contribution < -0.4 is 0 Å². The fourth-order valence-corrected chi connectivity index (χ4v) is 7.85. The van der Waals surface area contributed by atoms with Crippen LogP contribution in [-0.4, -0.2) is 96.0 Å². The summed E-state index contributed by atoms with van der Waals surface area (Å²) in [5, 5.41) is 30.9. The van der Waals surface area contributed by atoms with E-state index in [9.17, 15) is 37.9 Å². The second-order valence-corrected chi connectivity index (χ2v) is 18.2. The fraction of sp³-hybridized carbons (Fsp3) is 0.796. The Morgan fingerprint density at radius 1 is 0.565 bits per heavy atom. The van der Waals surface area contributed by atoms with Gasteiger partial charge in [-0.15, -0.1) is 0 Å². The molecule has 0 bridgehead atoms. The molecule has 0 amide bonds. The van der Waals surface area contributed by atoms with Crippen molar-refractivity contribution < 1.29 is 56.8 Å². The number of allylic oxidation sites excluding steroid dienone is 8. The lowest BCUT2D eigenvalue weighted by molar-refractivity contribution is -0.297. The maximum absolute atomic E-state index is 12.8. The first-order valence-corrected chi connectivity index (χ1v) is 25.8. The first-order chi connectivity index (χ1) is 30.0. The van der Waals surface area contributed by atoms with Crippen LogP contribution in [0.1, 0.15) is 194 Å². The predicted molar refractivity (Wildman–Crippen MR) is 247 cm³/mol. The van der Waals surface area contributed by atoms with Gasteiger partial charge in [-0.1, -0.05) is 159 Å². The molecule has 1 aliphatic heterocycles. The summed E-state index contributed by atoms with van der Waals surface area (Å²) in [7, 11) is -4.61. The molecular formula is C49H86O12S. The first-order valence-electron chi connectivity index (χ1n) is 24.2. The summed E-state index contributed by atoms with van der Waals surface area (Å²) >= 11 is 0. The molecule has 360 valence electrons. The molecule has 1 rings (SSSR count). The molecule has 1 heterocycles. The predicted octanol–water partition coefficient (Wildman–Crippen LogP) is 10.3. The van der Waals surface area contributed by atoms with Crippen molar-refractivity contribution in [3.05, 3.63) is 48.6 Å². The van der Waals surface area contributed by atoms with Gasteiger partial charge in [0.25, 0.3) is 10.1 Å². The van der Waals surface area contributed by atoms with E-state index in [4.69, 9.17) is 18.9 Å². The number of hydrogen-bond acceptors (Lipinski definition) is 11. The van der Waals surface area contributed by atoms with Gasteiger partial charge in [-0.05, 0) is 70.6 Å². The molecule has 6 atom stereocenters. The van der Waals surface area contributed by atoms with E-state index >= 15 is 0 Å². The van der Waals surface area contributed by atoms with Crippen LogP contribution >= 0.6 is 0 Å². The highest BCUT2D eigenvalue weighted by Crippen LogP contribution is 2.24. The molecule has 1 fully saturated rings. The van der Waals surface area contributed by atoms with Gasteiger partial charge in [0.05, 0.1) is 6.61 Å². The summed E-state index contributed by atoms with van der Waals surface area (Å²) in [4.78, 5) is 25.5. The van der Waals surface area contributed by atoms with Gasteiger partial charge < -0.3 is 34.3 Å². The number of carbonyl (C=O) groups excluding carboxylic acids is 2. The Bertz CT molecular complexity index is 1330. The van der Waals surface area contributed by atoms with Gasteiger partial charge in [0.1, 0.15) is 36.8 Å². The van der Waals surface area contributed by atoms with Crippen LogP contribution in [0.5, 0.6) is 0 Å². The summed E-state index contributed by atoms with van der Waals surface area (Å²) < 4.78 is 54.1. The average Bonchev–Trinajstić information content (AvgIpc) is 3.24. The minimum atomic E-state index is -4.61. The smallest absolute Gasteiger partial charge is 0.306 e. The first kappa shape index (κ1) is 57.6. The lowest BCUT2D eigenvalue weighted by Gasteiger charge is -2.40. The van der Waals surface area contributed by atoms with Crippen LogP contribution in [0, 0.1) is 0 Å². The van der Waals surface area contributed by atoms with Crippen LogP contribution in [0.3, 0.4) is 0 Å². The molecule has 4 N–H and O–H groups in total. The summed E-state index contributed by atoms with van der Waals surface area (Å²) in [6, 6.07) is 0. The van der Waals surface area contributed by atoms with Crippen molar-refractivity contribution in [1.82, 2.24) is 0 Å². The average molecular weight is 899 g/mol. The van der Waals surface area contributed by atoms with E-state index in [0.29, 0.717) is 12.8 Å². The van der Waals surface area contributed by atoms with Gasteiger partial charge in [0, 0.05) is 12.8 Å². The Morgan fingerprint density at radius 2 is 1.02 bits per heavy atom. The molecule has 0 aromatic carbocycles. The summed E-state index contributed by atoms with van der Waals surface area (Å²) in [6.45, 7) is 3.64. The summed E-state index contributed by atoms with van der Waals surface area (Å²) in [6.07, 6.45) is 37.2. The van der Waals surface area contributed by atoms with Gasteiger partial charge in [-0.25, -0.2) is 0 Å². The standard InChI is InChI=1S/C49H86O12S/c1-3-5-7-9-11-13-15-17-19-21-23-25-27-29-31-33-35-37-44(50)58-39-42(40-59-49-48(54)47(53)46(52)43(61-49)41-62(55,56)57)60-45(51)38-36-34-32-30-28-26-24-22-20-18-16-14-12-10-8-6-4-2/h6,8,12,14,17-20,42-43,46-49,52-54H,3-5,7,9-11,13,15-16,21-41H2,1-2H3,(H,55,56,57)/b8-6-,14-12-,19-17-,20-18-. The maximum Gasteiger partial charge on any atom is 0.306 e. The van der Waals surface area contributed by atoms with Crippen molar-refractivity contribution in [2.45, 2.75) is 230 Å². The van der Waals surface area contributed by atoms with Gasteiger partial charge >= 0.3 is 11.9 Å². The zero-order chi connectivity index (χ0) is 45.5. The van der Waals surface area contributed by atoms with Crippen molar-refractivity contribution in [1.29, 1.82) is 0 Å². The van der Waals surface area contributed by atoms with Crippen LogP contribution in [0.4, 0.5) is 0 Å². The van der Waals surface area contributed by atoms with Gasteiger partial charge in [0.15, 0.2) is 12.4 Å². The Hall–Kier alpha value is -2.39. The molecule has 0 aromatic rings. The second-order valence-electron chi connectivity index (χ2n) is 16.7. The molecule has 0 aromatic heterocycles. The van der Waals surface area contributed by atoms with E-state index in [2.05, 4.69) is 62.5 Å². The molecule has 0 aliphatic carbocycles. The van der Waals surface area contributed by atoms with Crippen LogP contribution in [0.2, 0.25) is 0 Å². The maximum atomic E-state index is 12.8. The van der Waals surface area contributed by atoms with Crippen molar-refractivity contribution in [2.75, 3.05) is 19.0 Å². The summed E-state index contributed by atoms with van der Waals surface area (Å²) in [5.41, 5.74) is 0. The van der Waals surface area contributed by atoms with E-state index in [-0.39, 0.29) is 19.4 Å². The van der Waals surface area contributed by atoms with E-state index in [1.54, 1.807) is 0 Å². The Kier molecular flexibility index (Phi) is 36.3. The number of esters is 2. The van der Waals surface area contributed by atoms with Gasteiger partial charge in [0.2, 0.25) is 0 Å². The highest BCUT2D eigenvalue weighted by molar-refractivity contribution is 7.85. The largest absolute Gasteiger partial charge is 0.462 e. The molecule has 6 unspecified atom stereocenters. The third kappa shape index (κ3) is 33.2. The molecule has 62 heavy (non-hydrogen) atoms. The normalized spacial score (nSPS) is 20.3. The fourth-order valence-electron chi connectivity index (χ4n) is 7.16. The highest BCUT2D eigenvalue weighted by Gasteiger charge is 2.46. The molecule has 0 radical (unpaired) electrons. The SMILES string of the molecule is CC/C=C\C/C=C\C/C=C\CCCCCCCCCC(=O)OC(COC(=O)CCCCCCCCC/C=C\CCCCCCCC)COC1OC(CS(=O)(=O)O)C(O)C(O)C1O. The van der Waals surface area contributed by atoms with Gasteiger partial charge in [-0.3, -0.25) is 14.1 Å². The number of unbranched alkanes of at least 4 members (excludes halogenated alkanes) is 20. The quantitative estimate of drug-likeness (QED) is 0.0198. The zero-order valence-electron chi connectivity index (χ0n) is 38.5. The van der Waals surface area contributed by atoms with Crippen molar-refractivity contribution in [3.8, 4) is 0 Å². The Labute approximate surface area is 375 Å². The van der Waals surface area contributed by atoms with Crippen LogP contribution in [0.15, 0.2) is 48.6 Å². The molecule has 1 saturated heterocycles. The molecule has 0 spiro atoms. The zero-order valence-corrected chi connectivity index (χ0v) is 39.3. The number of hydrogen-bond donors (Lipinski definition) is 4. The van der Waals surface area contributed by atoms with Crippen molar-refractivity contribution in [2.24, 2.45) is 0 Å². The molecular weight excluding hydrogens is 813 g/mol. The highest BCUT2D eigenvalue weighted by atomic mass is 32.2. The van der Waals surface area contributed by atoms with Crippen LogP contribution in [-0.2, 0) is 38.7 Å². The second kappa shape index (κ2) is 39.0. The molecule has 13 heteroatoms. The minimum Gasteiger partial charge on any atom is -0.462 e. The number of rotatable bonds is 40. The molecule has 0 saturated carbocycles. The van der Waals surface area contributed by atoms with Crippen LogP contribution in [0.25, 0.3) is 0 Å². The van der Waals surface area contributed by atoms with Gasteiger partial charge in [-0.2, -0.15) is 8.42 Å². The lowest BCUT2D eigenvalue weighted by Crippen LogP contribution is -2.60. The molecule has 1 aliphatic rings.